The number of ether oxygens (including phenoxy) is 1. The molecule has 0 fully saturated rings. The van der Waals surface area contributed by atoms with E-state index in [1.165, 1.54) is 0 Å². The lowest BCUT2D eigenvalue weighted by molar-refractivity contribution is -0.128. The summed E-state index contributed by atoms with van der Waals surface area (Å²) in [5.74, 6) is 0.321. The average Bonchev–Trinajstić information content (AvgIpc) is 2.67. The zero-order chi connectivity index (χ0) is 19.2. The Morgan fingerprint density at radius 3 is 2.63 bits per heavy atom. The molecule has 1 atom stereocenters. The van der Waals surface area contributed by atoms with Crippen molar-refractivity contribution < 1.29 is 14.3 Å². The third-order valence-electron chi connectivity index (χ3n) is 4.37. The second kappa shape index (κ2) is 8.58. The molecule has 0 aliphatic carbocycles. The summed E-state index contributed by atoms with van der Waals surface area (Å²) in [7, 11) is 0. The van der Waals surface area contributed by atoms with Gasteiger partial charge in [0.15, 0.2) is 6.10 Å². The summed E-state index contributed by atoms with van der Waals surface area (Å²) < 4.78 is 5.85. The van der Waals surface area contributed by atoms with Gasteiger partial charge in [-0.25, -0.2) is 0 Å². The Labute approximate surface area is 159 Å². The summed E-state index contributed by atoms with van der Waals surface area (Å²) in [5.41, 5.74) is 2.71. The zero-order valence-electron chi connectivity index (χ0n) is 15.7. The molecule has 142 valence electrons. The highest BCUT2D eigenvalue weighted by molar-refractivity contribution is 5.95. The molecule has 0 aromatic heterocycles. The summed E-state index contributed by atoms with van der Waals surface area (Å²) >= 11 is 0. The fourth-order valence-electron chi connectivity index (χ4n) is 2.97. The van der Waals surface area contributed by atoms with Gasteiger partial charge in [0.05, 0.1) is 18.8 Å². The minimum absolute atomic E-state index is 0.136. The Bertz CT molecular complexity index is 805. The van der Waals surface area contributed by atoms with E-state index in [2.05, 4.69) is 10.6 Å². The number of carbonyl (C=O) groups excluding carboxylic acids is 2. The molecule has 0 bridgehead atoms. The van der Waals surface area contributed by atoms with Crippen LogP contribution in [0.15, 0.2) is 48.5 Å². The van der Waals surface area contributed by atoms with Crippen LogP contribution in [0.4, 0.5) is 11.4 Å². The molecule has 0 saturated carbocycles. The van der Waals surface area contributed by atoms with Gasteiger partial charge < -0.3 is 20.3 Å². The van der Waals surface area contributed by atoms with Crippen LogP contribution in [0.2, 0.25) is 0 Å². The molecule has 2 aromatic carbocycles. The molecule has 6 nitrogen and oxygen atoms in total. The molecule has 2 aromatic rings. The molecule has 1 aliphatic heterocycles. The van der Waals surface area contributed by atoms with Crippen LogP contribution in [0.1, 0.15) is 18.9 Å². The van der Waals surface area contributed by atoms with Crippen molar-refractivity contribution in [2.75, 3.05) is 29.9 Å². The number of fused-ring (bicyclic) bond motifs is 1. The lowest BCUT2D eigenvalue weighted by Crippen LogP contribution is -2.50. The van der Waals surface area contributed by atoms with Crippen LogP contribution in [0.5, 0.6) is 5.75 Å². The Balaban J connectivity index is 1.71. The smallest absolute Gasteiger partial charge is 0.262 e. The molecule has 0 spiro atoms. The van der Waals surface area contributed by atoms with Crippen molar-refractivity contribution in [1.29, 1.82) is 0 Å². The molecule has 0 saturated heterocycles. The van der Waals surface area contributed by atoms with E-state index >= 15 is 0 Å². The summed E-state index contributed by atoms with van der Waals surface area (Å²) in [4.78, 5) is 26.8. The highest BCUT2D eigenvalue weighted by atomic mass is 16.5. The van der Waals surface area contributed by atoms with Gasteiger partial charge in [-0.15, -0.1) is 0 Å². The van der Waals surface area contributed by atoms with E-state index in [-0.39, 0.29) is 18.4 Å². The van der Waals surface area contributed by atoms with Gasteiger partial charge in [0, 0.05) is 12.2 Å². The molecule has 27 heavy (non-hydrogen) atoms. The monoisotopic (exact) mass is 367 g/mol. The van der Waals surface area contributed by atoms with E-state index in [1.54, 1.807) is 0 Å². The first kappa shape index (κ1) is 18.8. The number of nitrogens with zero attached hydrogens (tertiary/aromatic N) is 1. The largest absolute Gasteiger partial charge is 0.477 e. The highest BCUT2D eigenvalue weighted by Gasteiger charge is 2.31. The first-order chi connectivity index (χ1) is 13.1. The summed E-state index contributed by atoms with van der Waals surface area (Å²) in [5, 5.41) is 5.76. The number of para-hydroxylation sites is 2. The SMILES string of the molecule is CCCNC(=O)[C@H]1CN(CC(=O)Nc2ccc(C)cc2)c2ccccc2O1. The molecular weight excluding hydrogens is 342 g/mol. The van der Waals surface area contributed by atoms with Crippen LogP contribution < -0.4 is 20.3 Å². The van der Waals surface area contributed by atoms with Crippen molar-refractivity contribution in [3.63, 3.8) is 0 Å². The Morgan fingerprint density at radius 2 is 1.89 bits per heavy atom. The number of benzene rings is 2. The maximum atomic E-state index is 12.5. The maximum absolute atomic E-state index is 12.5. The second-order valence-electron chi connectivity index (χ2n) is 6.66. The van der Waals surface area contributed by atoms with E-state index in [9.17, 15) is 9.59 Å². The lowest BCUT2D eigenvalue weighted by atomic mass is 10.1. The average molecular weight is 367 g/mol. The van der Waals surface area contributed by atoms with Crippen molar-refractivity contribution in [3.8, 4) is 5.75 Å². The molecule has 3 rings (SSSR count). The zero-order valence-corrected chi connectivity index (χ0v) is 15.7. The first-order valence-electron chi connectivity index (χ1n) is 9.21. The number of hydrogen-bond acceptors (Lipinski definition) is 4. The quantitative estimate of drug-likeness (QED) is 0.824. The van der Waals surface area contributed by atoms with Gasteiger partial charge in [0.2, 0.25) is 5.91 Å². The van der Waals surface area contributed by atoms with Crippen molar-refractivity contribution in [1.82, 2.24) is 5.32 Å². The lowest BCUT2D eigenvalue weighted by Gasteiger charge is -2.35. The van der Waals surface area contributed by atoms with Crippen LogP contribution in [0.3, 0.4) is 0 Å². The van der Waals surface area contributed by atoms with Gasteiger partial charge >= 0.3 is 0 Å². The van der Waals surface area contributed by atoms with Gasteiger partial charge in [-0.05, 0) is 37.6 Å². The fourth-order valence-corrected chi connectivity index (χ4v) is 2.97. The molecule has 0 radical (unpaired) electrons. The number of rotatable bonds is 6. The van der Waals surface area contributed by atoms with Gasteiger partial charge in [-0.3, -0.25) is 9.59 Å². The summed E-state index contributed by atoms with van der Waals surface area (Å²) in [6, 6.07) is 15.1. The minimum atomic E-state index is -0.640. The molecule has 6 heteroatoms. The van der Waals surface area contributed by atoms with E-state index in [1.807, 2.05) is 67.3 Å². The van der Waals surface area contributed by atoms with Gasteiger partial charge in [0.25, 0.3) is 5.91 Å². The van der Waals surface area contributed by atoms with Crippen LogP contribution in [0.25, 0.3) is 0 Å². The van der Waals surface area contributed by atoms with Crippen molar-refractivity contribution >= 4 is 23.2 Å². The number of nitrogens with one attached hydrogen (secondary N) is 2. The molecular formula is C21H25N3O3. The highest BCUT2D eigenvalue weighted by Crippen LogP contribution is 2.33. The van der Waals surface area contributed by atoms with Gasteiger partial charge in [0.1, 0.15) is 5.75 Å². The Hall–Kier alpha value is -3.02. The number of anilines is 2. The molecule has 0 unspecified atom stereocenters. The van der Waals surface area contributed by atoms with Gasteiger partial charge in [-0.1, -0.05) is 36.8 Å². The van der Waals surface area contributed by atoms with Crippen molar-refractivity contribution in [2.45, 2.75) is 26.4 Å². The van der Waals surface area contributed by atoms with Crippen molar-refractivity contribution in [3.05, 3.63) is 54.1 Å². The fraction of sp³-hybridized carbons (Fsp3) is 0.333. The third-order valence-corrected chi connectivity index (χ3v) is 4.37. The summed E-state index contributed by atoms with van der Waals surface area (Å²) in [6.45, 7) is 5.08. The minimum Gasteiger partial charge on any atom is -0.477 e. The van der Waals surface area contributed by atoms with E-state index in [4.69, 9.17) is 4.74 Å². The van der Waals surface area contributed by atoms with Crippen LogP contribution in [-0.2, 0) is 9.59 Å². The van der Waals surface area contributed by atoms with Crippen LogP contribution in [-0.4, -0.2) is 37.6 Å². The number of aryl methyl sites for hydroxylation is 1. The molecule has 2 N–H and O–H groups in total. The number of hydrogen-bond donors (Lipinski definition) is 2. The molecule has 1 heterocycles. The second-order valence-corrected chi connectivity index (χ2v) is 6.66. The van der Waals surface area contributed by atoms with Gasteiger partial charge in [-0.2, -0.15) is 0 Å². The normalized spacial score (nSPS) is 15.5. The van der Waals surface area contributed by atoms with E-state index < -0.39 is 6.10 Å². The van der Waals surface area contributed by atoms with E-state index in [0.29, 0.717) is 18.8 Å². The summed E-state index contributed by atoms with van der Waals surface area (Å²) in [6.07, 6.45) is 0.219. The standard InChI is InChI=1S/C21H25N3O3/c1-3-12-22-21(26)19-13-24(17-6-4-5-7-18(17)27-19)14-20(25)23-16-10-8-15(2)9-11-16/h4-11,19H,3,12-14H2,1-2H3,(H,22,26)(H,23,25)/t19-/m1/s1. The topological polar surface area (TPSA) is 70.7 Å². The molecule has 1 aliphatic rings. The Kier molecular flexibility index (Phi) is 5.96. The predicted molar refractivity (Wildman–Crippen MR) is 106 cm³/mol. The number of amides is 2. The van der Waals surface area contributed by atoms with Crippen molar-refractivity contribution in [2.24, 2.45) is 0 Å². The predicted octanol–water partition coefficient (Wildman–Crippen LogP) is 2.73. The van der Waals surface area contributed by atoms with E-state index in [0.717, 1.165) is 23.4 Å². The van der Waals surface area contributed by atoms with Crippen LogP contribution in [0, 0.1) is 6.92 Å². The molecule has 2 amide bonds. The van der Waals surface area contributed by atoms with Crippen LogP contribution >= 0.6 is 0 Å². The Morgan fingerprint density at radius 1 is 1.15 bits per heavy atom. The number of carbonyl (C=O) groups is 2. The maximum Gasteiger partial charge on any atom is 0.262 e. The third kappa shape index (κ3) is 4.78. The first-order valence-corrected chi connectivity index (χ1v) is 9.21.